The number of carbonyl (C=O) groups excluding carboxylic acids is 2. The highest BCUT2D eigenvalue weighted by Crippen LogP contribution is 2.41. The van der Waals surface area contributed by atoms with Gasteiger partial charge in [0.25, 0.3) is 11.8 Å². The molecule has 14 heteroatoms. The number of thiazole rings is 1. The third-order valence-corrected chi connectivity index (χ3v) is 8.39. The van der Waals surface area contributed by atoms with E-state index in [2.05, 4.69) is 15.5 Å². The van der Waals surface area contributed by atoms with Crippen molar-refractivity contribution in [3.05, 3.63) is 34.5 Å². The fraction of sp³-hybridized carbons (Fsp3) is 0.450. The van der Waals surface area contributed by atoms with E-state index in [0.29, 0.717) is 29.4 Å². The molecule has 1 saturated heterocycles. The summed E-state index contributed by atoms with van der Waals surface area (Å²) < 4.78 is 0. The second-order valence-corrected chi connectivity index (χ2v) is 10.7. The molecule has 0 bridgehead atoms. The molecule has 3 aliphatic rings. The summed E-state index contributed by atoms with van der Waals surface area (Å²) in [5, 5.41) is 17.8. The number of aliphatic carboxylic acids is 1. The van der Waals surface area contributed by atoms with Crippen molar-refractivity contribution in [2.45, 2.75) is 30.4 Å². The third-order valence-electron chi connectivity index (χ3n) is 5.30. The smallest absolute Gasteiger partial charge is 0.352 e. The van der Waals surface area contributed by atoms with Crippen LogP contribution in [0.5, 0.6) is 0 Å². The van der Waals surface area contributed by atoms with Crippen molar-refractivity contribution in [1.29, 1.82) is 0 Å². The van der Waals surface area contributed by atoms with Crippen LogP contribution in [-0.2, 0) is 19.2 Å². The van der Waals surface area contributed by atoms with Crippen LogP contribution in [0.3, 0.4) is 0 Å². The number of nitrogens with one attached hydrogen (secondary N) is 1. The molecule has 2 amide bonds. The van der Waals surface area contributed by atoms with Gasteiger partial charge in [-0.2, -0.15) is 11.8 Å². The van der Waals surface area contributed by atoms with Gasteiger partial charge < -0.3 is 26.7 Å². The van der Waals surface area contributed by atoms with Crippen LogP contribution >= 0.6 is 34.9 Å². The van der Waals surface area contributed by atoms with Crippen molar-refractivity contribution < 1.29 is 24.3 Å². The Hall–Kier alpha value is -2.55. The normalized spacial score (nSPS) is 24.1. The molecule has 1 aromatic rings. The molecule has 0 spiro atoms. The van der Waals surface area contributed by atoms with Gasteiger partial charge in [0.1, 0.15) is 28.9 Å². The number of carboxylic acid groups (broad SMARTS) is 1. The molecule has 1 fully saturated rings. The van der Waals surface area contributed by atoms with Crippen molar-refractivity contribution in [2.24, 2.45) is 10.9 Å². The second kappa shape index (κ2) is 10.8. The zero-order valence-electron chi connectivity index (χ0n) is 18.0. The molecule has 6 N–H and O–H groups in total. The lowest BCUT2D eigenvalue weighted by molar-refractivity contribution is -0.150. The molecule has 2 aliphatic heterocycles. The Bertz CT molecular complexity index is 1070. The molecule has 4 rings (SSSR count). The molecule has 2 unspecified atom stereocenters. The second-order valence-electron chi connectivity index (χ2n) is 7.62. The molecule has 0 aromatic carbocycles. The highest BCUT2D eigenvalue weighted by molar-refractivity contribution is 8.01. The number of nitrogens with two attached hydrogens (primary N) is 2. The van der Waals surface area contributed by atoms with Crippen LogP contribution in [0, 0.1) is 0 Å². The lowest BCUT2D eigenvalue weighted by atomic mass is 10.0. The number of fused-ring (bicyclic) bond motifs is 1. The summed E-state index contributed by atoms with van der Waals surface area (Å²) in [6, 6.07) is -0.891. The van der Waals surface area contributed by atoms with Crippen molar-refractivity contribution in [3.63, 3.8) is 0 Å². The monoisotopic (exact) mass is 524 g/mol. The van der Waals surface area contributed by atoms with Crippen LogP contribution < -0.4 is 16.8 Å². The van der Waals surface area contributed by atoms with Gasteiger partial charge in [0.2, 0.25) is 0 Å². The first-order valence-electron chi connectivity index (χ1n) is 10.5. The predicted octanol–water partition coefficient (Wildman–Crippen LogP) is 0.595. The topological polar surface area (TPSA) is 173 Å². The van der Waals surface area contributed by atoms with E-state index < -0.39 is 29.2 Å². The number of anilines is 1. The molecule has 3 atom stereocenters. The van der Waals surface area contributed by atoms with Gasteiger partial charge >= 0.3 is 5.97 Å². The van der Waals surface area contributed by atoms with E-state index in [0.717, 1.165) is 24.2 Å². The van der Waals surface area contributed by atoms with Gasteiger partial charge in [-0.05, 0) is 24.5 Å². The summed E-state index contributed by atoms with van der Waals surface area (Å²) in [6.07, 6.45) is 5.21. The summed E-state index contributed by atoms with van der Waals surface area (Å²) in [7, 11) is 0. The Morgan fingerprint density at radius 3 is 2.91 bits per heavy atom. The number of amides is 2. The zero-order chi connectivity index (χ0) is 24.2. The molecule has 0 radical (unpaired) electrons. The number of hydrogen-bond acceptors (Lipinski definition) is 11. The summed E-state index contributed by atoms with van der Waals surface area (Å²) >= 11 is 4.09. The van der Waals surface area contributed by atoms with Crippen LogP contribution in [0.4, 0.5) is 5.13 Å². The van der Waals surface area contributed by atoms with Crippen LogP contribution in [0.1, 0.15) is 18.5 Å². The number of carboxylic acids is 1. The van der Waals surface area contributed by atoms with E-state index in [1.807, 2.05) is 12.2 Å². The largest absolute Gasteiger partial charge is 0.477 e. The lowest BCUT2D eigenvalue weighted by Crippen LogP contribution is -2.71. The number of nitrogens with zero attached hydrogens (tertiary/aromatic N) is 3. The molecular formula is C20H24N6O5S3. The Morgan fingerprint density at radius 1 is 1.44 bits per heavy atom. The first-order chi connectivity index (χ1) is 16.4. The van der Waals surface area contributed by atoms with Gasteiger partial charge in [0.15, 0.2) is 10.8 Å². The quantitative estimate of drug-likeness (QED) is 0.112. The minimum Gasteiger partial charge on any atom is -0.477 e. The van der Waals surface area contributed by atoms with Gasteiger partial charge in [-0.3, -0.25) is 14.5 Å². The van der Waals surface area contributed by atoms with Crippen LogP contribution in [0.15, 0.2) is 34.0 Å². The van der Waals surface area contributed by atoms with E-state index in [9.17, 15) is 19.5 Å². The number of β-lactam (4-membered cyclic amide) rings is 1. The maximum Gasteiger partial charge on any atom is 0.352 e. The molecule has 34 heavy (non-hydrogen) atoms. The number of thioether (sulfide) groups is 2. The number of rotatable bonds is 10. The van der Waals surface area contributed by atoms with Crippen LogP contribution in [0.2, 0.25) is 0 Å². The Labute approximate surface area is 208 Å². The van der Waals surface area contributed by atoms with Crippen molar-refractivity contribution >= 4 is 63.5 Å². The van der Waals surface area contributed by atoms with E-state index in [1.54, 1.807) is 5.38 Å². The SMILES string of the molecule is NCCSCC1=C(C(=O)O)N2C(=O)C(NC(=O)C(=NOC3C=CCC3)c3csc(N)n3)[C@@H]2SC1. The third kappa shape index (κ3) is 5.09. The number of nitrogen functional groups attached to an aromatic ring is 1. The van der Waals surface area contributed by atoms with E-state index in [-0.39, 0.29) is 28.3 Å². The Morgan fingerprint density at radius 2 is 2.26 bits per heavy atom. The van der Waals surface area contributed by atoms with E-state index in [4.69, 9.17) is 16.3 Å². The highest BCUT2D eigenvalue weighted by atomic mass is 32.2. The summed E-state index contributed by atoms with van der Waals surface area (Å²) in [5.41, 5.74) is 12.0. The molecule has 1 aliphatic carbocycles. The minimum atomic E-state index is -1.16. The van der Waals surface area contributed by atoms with Gasteiger partial charge in [0.05, 0.1) is 0 Å². The van der Waals surface area contributed by atoms with Crippen molar-refractivity contribution in [1.82, 2.24) is 15.2 Å². The fourth-order valence-electron chi connectivity index (χ4n) is 3.70. The zero-order valence-corrected chi connectivity index (χ0v) is 20.5. The number of allylic oxidation sites excluding steroid dienone is 1. The Kier molecular flexibility index (Phi) is 7.80. The molecule has 1 aromatic heterocycles. The average Bonchev–Trinajstić information content (AvgIpc) is 3.49. The van der Waals surface area contributed by atoms with Gasteiger partial charge in [-0.1, -0.05) is 11.2 Å². The average molecular weight is 525 g/mol. The minimum absolute atomic E-state index is 0.0127. The molecule has 182 valence electrons. The number of hydrogen-bond donors (Lipinski definition) is 4. The van der Waals surface area contributed by atoms with Crippen LogP contribution in [0.25, 0.3) is 0 Å². The van der Waals surface area contributed by atoms with E-state index >= 15 is 0 Å². The summed E-state index contributed by atoms with van der Waals surface area (Å²) in [4.78, 5) is 48.8. The highest BCUT2D eigenvalue weighted by Gasteiger charge is 2.54. The molecular weight excluding hydrogens is 500 g/mol. The summed E-state index contributed by atoms with van der Waals surface area (Å²) in [5.74, 6) is -0.671. The van der Waals surface area contributed by atoms with Crippen molar-refractivity contribution in [2.75, 3.05) is 29.5 Å². The van der Waals surface area contributed by atoms with E-state index in [1.165, 1.54) is 28.4 Å². The predicted molar refractivity (Wildman–Crippen MR) is 132 cm³/mol. The van der Waals surface area contributed by atoms with Crippen LogP contribution in [-0.4, -0.2) is 79.8 Å². The number of oxime groups is 1. The number of aromatic nitrogens is 1. The fourth-order valence-corrected chi connectivity index (χ4v) is 6.52. The van der Waals surface area contributed by atoms with Gasteiger partial charge in [-0.15, -0.1) is 23.1 Å². The lowest BCUT2D eigenvalue weighted by Gasteiger charge is -2.49. The Balaban J connectivity index is 1.49. The summed E-state index contributed by atoms with van der Waals surface area (Å²) in [6.45, 7) is 0.488. The first-order valence-corrected chi connectivity index (χ1v) is 13.6. The standard InChI is InChI=1S/C20H24N6O5S3/c21-5-6-32-7-10-8-33-18-14(17(28)26(18)15(10)19(29)30)24-16(27)13(12-9-34-20(22)23-12)25-31-11-3-1-2-4-11/h1,3,9,11,14,18H,2,4-8,21H2,(H2,22,23)(H,24,27)(H,29,30)/t11?,14?,18-/m0/s1. The first kappa shape index (κ1) is 24.6. The van der Waals surface area contributed by atoms with Gasteiger partial charge in [-0.25, -0.2) is 9.78 Å². The maximum absolute atomic E-state index is 13.1. The molecule has 11 nitrogen and oxygen atoms in total. The van der Waals surface area contributed by atoms with Gasteiger partial charge in [0, 0.05) is 29.2 Å². The maximum atomic E-state index is 13.1. The van der Waals surface area contributed by atoms with Crippen molar-refractivity contribution in [3.8, 4) is 0 Å². The molecule has 3 heterocycles. The molecule has 0 saturated carbocycles. The number of carbonyl (C=O) groups is 3.